The summed E-state index contributed by atoms with van der Waals surface area (Å²) in [4.78, 5) is 14.8. The molecule has 17 heavy (non-hydrogen) atoms. The summed E-state index contributed by atoms with van der Waals surface area (Å²) in [5.41, 5.74) is -0.600. The van der Waals surface area contributed by atoms with Crippen molar-refractivity contribution >= 4 is 17.2 Å². The second-order valence-electron chi connectivity index (χ2n) is 4.82. The van der Waals surface area contributed by atoms with E-state index in [1.54, 1.807) is 18.3 Å². The van der Waals surface area contributed by atoms with E-state index < -0.39 is 5.60 Å². The fourth-order valence-electron chi connectivity index (χ4n) is 2.07. The first kappa shape index (κ1) is 12.5. The van der Waals surface area contributed by atoms with Gasteiger partial charge in [0.25, 0.3) is 0 Å². The molecule has 1 aliphatic rings. The van der Waals surface area contributed by atoms with E-state index in [0.717, 1.165) is 6.42 Å². The molecular weight excluding hydrogens is 236 g/mol. The number of amides is 1. The number of hydrogen-bond donors (Lipinski definition) is 2. The van der Waals surface area contributed by atoms with E-state index in [9.17, 15) is 9.90 Å². The van der Waals surface area contributed by atoms with Gasteiger partial charge in [0.1, 0.15) is 0 Å². The average molecular weight is 254 g/mol. The number of β-amino-alcohol motifs (C(OH)–C–C–N with tert-alkyl or cyclic N) is 1. The van der Waals surface area contributed by atoms with E-state index in [4.69, 9.17) is 0 Å². The SMILES string of the molecule is CC1(O)CN(CC(=O)NCCc2cccs2)C1. The number of likely N-dealkylation sites (tertiary alicyclic amines) is 1. The Kier molecular flexibility index (Phi) is 3.81. The van der Waals surface area contributed by atoms with Crippen LogP contribution in [0.25, 0.3) is 0 Å². The minimum Gasteiger partial charge on any atom is -0.388 e. The normalized spacial score (nSPS) is 18.7. The molecule has 1 fully saturated rings. The molecule has 0 unspecified atom stereocenters. The molecule has 1 aromatic rings. The highest BCUT2D eigenvalue weighted by atomic mass is 32.1. The molecule has 0 bridgehead atoms. The monoisotopic (exact) mass is 254 g/mol. The van der Waals surface area contributed by atoms with Crippen LogP contribution >= 0.6 is 11.3 Å². The highest BCUT2D eigenvalue weighted by Gasteiger charge is 2.36. The van der Waals surface area contributed by atoms with E-state index >= 15 is 0 Å². The number of rotatable bonds is 5. The van der Waals surface area contributed by atoms with Crippen LogP contribution in [0.3, 0.4) is 0 Å². The van der Waals surface area contributed by atoms with Crippen LogP contribution in [-0.2, 0) is 11.2 Å². The maximum absolute atomic E-state index is 11.6. The van der Waals surface area contributed by atoms with Gasteiger partial charge in [0.2, 0.25) is 5.91 Å². The Balaban J connectivity index is 1.59. The van der Waals surface area contributed by atoms with Crippen molar-refractivity contribution in [3.63, 3.8) is 0 Å². The predicted molar refractivity (Wildman–Crippen MR) is 68.1 cm³/mol. The van der Waals surface area contributed by atoms with Gasteiger partial charge < -0.3 is 10.4 Å². The van der Waals surface area contributed by atoms with Crippen molar-refractivity contribution in [2.75, 3.05) is 26.2 Å². The maximum atomic E-state index is 11.6. The van der Waals surface area contributed by atoms with Crippen LogP contribution in [0.5, 0.6) is 0 Å². The van der Waals surface area contributed by atoms with Crippen LogP contribution in [0.2, 0.25) is 0 Å². The summed E-state index contributed by atoms with van der Waals surface area (Å²) in [6.45, 7) is 4.04. The summed E-state index contributed by atoms with van der Waals surface area (Å²) in [6.07, 6.45) is 0.890. The van der Waals surface area contributed by atoms with Crippen LogP contribution in [0.15, 0.2) is 17.5 Å². The molecule has 0 spiro atoms. The summed E-state index contributed by atoms with van der Waals surface area (Å²) < 4.78 is 0. The van der Waals surface area contributed by atoms with Crippen molar-refractivity contribution in [2.45, 2.75) is 18.9 Å². The van der Waals surface area contributed by atoms with Crippen molar-refractivity contribution in [3.05, 3.63) is 22.4 Å². The van der Waals surface area contributed by atoms with Gasteiger partial charge >= 0.3 is 0 Å². The molecule has 0 saturated carbocycles. The molecule has 0 aromatic carbocycles. The summed E-state index contributed by atoms with van der Waals surface area (Å²) >= 11 is 1.71. The molecular formula is C12H18N2O2S. The summed E-state index contributed by atoms with van der Waals surface area (Å²) in [7, 11) is 0. The van der Waals surface area contributed by atoms with Gasteiger partial charge in [-0.25, -0.2) is 0 Å². The third-order valence-electron chi connectivity index (χ3n) is 2.77. The Morgan fingerprint density at radius 2 is 2.41 bits per heavy atom. The summed E-state index contributed by atoms with van der Waals surface area (Å²) in [5, 5.41) is 14.5. The Morgan fingerprint density at radius 3 is 3.00 bits per heavy atom. The smallest absolute Gasteiger partial charge is 0.234 e. The third kappa shape index (κ3) is 3.80. The Labute approximate surface area is 105 Å². The number of nitrogens with zero attached hydrogens (tertiary/aromatic N) is 1. The van der Waals surface area contributed by atoms with Crippen molar-refractivity contribution in [3.8, 4) is 0 Å². The fraction of sp³-hybridized carbons (Fsp3) is 0.583. The molecule has 1 aliphatic heterocycles. The van der Waals surface area contributed by atoms with Gasteiger partial charge in [-0.1, -0.05) is 6.07 Å². The number of hydrogen-bond acceptors (Lipinski definition) is 4. The van der Waals surface area contributed by atoms with Crippen molar-refractivity contribution in [1.82, 2.24) is 10.2 Å². The highest BCUT2D eigenvalue weighted by Crippen LogP contribution is 2.18. The zero-order chi connectivity index (χ0) is 12.3. The molecule has 1 aromatic heterocycles. The first-order valence-corrected chi connectivity index (χ1v) is 6.67. The van der Waals surface area contributed by atoms with Gasteiger partial charge in [-0.05, 0) is 24.8 Å². The predicted octanol–water partition coefficient (Wildman–Crippen LogP) is 0.473. The molecule has 2 N–H and O–H groups in total. The number of carbonyl (C=O) groups excluding carboxylic acids is 1. The standard InChI is InChI=1S/C12H18N2O2S/c1-12(16)8-14(9-12)7-11(15)13-5-4-10-3-2-6-17-10/h2-3,6,16H,4-5,7-9H2,1H3,(H,13,15). The molecule has 2 heterocycles. The van der Waals surface area contributed by atoms with Gasteiger partial charge in [-0.3, -0.25) is 9.69 Å². The first-order valence-electron chi connectivity index (χ1n) is 5.79. The van der Waals surface area contributed by atoms with E-state index in [1.807, 2.05) is 16.3 Å². The average Bonchev–Trinajstić information content (AvgIpc) is 2.67. The lowest BCUT2D eigenvalue weighted by molar-refractivity contribution is -0.130. The maximum Gasteiger partial charge on any atom is 0.234 e. The molecule has 0 radical (unpaired) electrons. The van der Waals surface area contributed by atoms with Crippen molar-refractivity contribution < 1.29 is 9.90 Å². The Bertz CT molecular complexity index is 368. The summed E-state index contributed by atoms with van der Waals surface area (Å²) in [6, 6.07) is 4.09. The van der Waals surface area contributed by atoms with Crippen LogP contribution in [0, 0.1) is 0 Å². The second-order valence-corrected chi connectivity index (χ2v) is 5.85. The largest absolute Gasteiger partial charge is 0.388 e. The minimum absolute atomic E-state index is 0.0389. The topological polar surface area (TPSA) is 52.6 Å². The number of thiophene rings is 1. The number of carbonyl (C=O) groups is 1. The van der Waals surface area contributed by atoms with Gasteiger partial charge in [0, 0.05) is 24.5 Å². The van der Waals surface area contributed by atoms with Crippen LogP contribution in [0.4, 0.5) is 0 Å². The zero-order valence-electron chi connectivity index (χ0n) is 9.98. The van der Waals surface area contributed by atoms with Crippen LogP contribution in [0.1, 0.15) is 11.8 Å². The third-order valence-corrected chi connectivity index (χ3v) is 3.71. The lowest BCUT2D eigenvalue weighted by atomic mass is 9.97. The van der Waals surface area contributed by atoms with Gasteiger partial charge in [-0.15, -0.1) is 11.3 Å². The van der Waals surface area contributed by atoms with E-state index in [1.165, 1.54) is 4.88 Å². The number of nitrogens with one attached hydrogen (secondary N) is 1. The summed E-state index contributed by atoms with van der Waals surface area (Å²) in [5.74, 6) is 0.0389. The highest BCUT2D eigenvalue weighted by molar-refractivity contribution is 7.09. The number of aliphatic hydroxyl groups is 1. The van der Waals surface area contributed by atoms with E-state index in [0.29, 0.717) is 26.2 Å². The minimum atomic E-state index is -0.600. The van der Waals surface area contributed by atoms with E-state index in [-0.39, 0.29) is 5.91 Å². The Hall–Kier alpha value is -0.910. The quantitative estimate of drug-likeness (QED) is 0.803. The van der Waals surface area contributed by atoms with Crippen molar-refractivity contribution in [2.24, 2.45) is 0 Å². The molecule has 1 saturated heterocycles. The Morgan fingerprint density at radius 1 is 1.65 bits per heavy atom. The zero-order valence-corrected chi connectivity index (χ0v) is 10.8. The molecule has 94 valence electrons. The lowest BCUT2D eigenvalue weighted by Crippen LogP contribution is -2.61. The van der Waals surface area contributed by atoms with Gasteiger partial charge in [0.05, 0.1) is 12.1 Å². The van der Waals surface area contributed by atoms with Gasteiger partial charge in [-0.2, -0.15) is 0 Å². The van der Waals surface area contributed by atoms with Crippen LogP contribution in [-0.4, -0.2) is 47.7 Å². The lowest BCUT2D eigenvalue weighted by Gasteiger charge is -2.43. The van der Waals surface area contributed by atoms with Gasteiger partial charge in [0.15, 0.2) is 0 Å². The fourth-order valence-corrected chi connectivity index (χ4v) is 2.78. The molecule has 1 amide bonds. The van der Waals surface area contributed by atoms with Crippen molar-refractivity contribution in [1.29, 1.82) is 0 Å². The van der Waals surface area contributed by atoms with E-state index in [2.05, 4.69) is 11.4 Å². The molecule has 0 atom stereocenters. The molecule has 4 nitrogen and oxygen atoms in total. The second kappa shape index (κ2) is 5.16. The molecule has 2 rings (SSSR count). The first-order chi connectivity index (χ1) is 8.05. The molecule has 0 aliphatic carbocycles. The van der Waals surface area contributed by atoms with Crippen LogP contribution < -0.4 is 5.32 Å². The molecule has 5 heteroatoms.